The van der Waals surface area contributed by atoms with Gasteiger partial charge < -0.3 is 5.73 Å². The van der Waals surface area contributed by atoms with E-state index in [9.17, 15) is 0 Å². The van der Waals surface area contributed by atoms with Gasteiger partial charge in [-0.05, 0) is 47.5 Å². The highest BCUT2D eigenvalue weighted by molar-refractivity contribution is 7.99. The molecule has 3 rings (SSSR count). The van der Waals surface area contributed by atoms with Gasteiger partial charge in [-0.3, -0.25) is 0 Å². The molecule has 0 aliphatic heterocycles. The Kier molecular flexibility index (Phi) is 4.00. The summed E-state index contributed by atoms with van der Waals surface area (Å²) in [4.78, 5) is 5.69. The van der Waals surface area contributed by atoms with E-state index < -0.39 is 0 Å². The summed E-state index contributed by atoms with van der Waals surface area (Å²) >= 11 is 1.70. The monoisotopic (exact) mass is 280 g/mol. The number of rotatable bonds is 4. The fourth-order valence-corrected chi connectivity index (χ4v) is 3.16. The van der Waals surface area contributed by atoms with Crippen LogP contribution in [-0.2, 0) is 6.42 Å². The number of nitrogens with two attached hydrogens (primary N) is 1. The molecule has 3 heteroatoms. The highest BCUT2D eigenvalue weighted by atomic mass is 32.2. The van der Waals surface area contributed by atoms with Crippen LogP contribution in [0.2, 0.25) is 0 Å². The van der Waals surface area contributed by atoms with Crippen LogP contribution < -0.4 is 5.73 Å². The molecule has 20 heavy (non-hydrogen) atoms. The van der Waals surface area contributed by atoms with E-state index in [1.54, 1.807) is 11.8 Å². The van der Waals surface area contributed by atoms with Gasteiger partial charge in [0.1, 0.15) is 5.03 Å². The molecule has 0 aliphatic carbocycles. The van der Waals surface area contributed by atoms with Crippen molar-refractivity contribution in [2.24, 2.45) is 5.73 Å². The van der Waals surface area contributed by atoms with Gasteiger partial charge in [0.05, 0.1) is 0 Å². The topological polar surface area (TPSA) is 38.9 Å². The summed E-state index contributed by atoms with van der Waals surface area (Å²) in [5.74, 6) is 0. The average molecular weight is 280 g/mol. The second-order valence-electron chi connectivity index (χ2n) is 4.62. The third-order valence-electron chi connectivity index (χ3n) is 3.20. The number of hydrogen-bond acceptors (Lipinski definition) is 3. The van der Waals surface area contributed by atoms with Crippen LogP contribution in [-0.4, -0.2) is 11.5 Å². The van der Waals surface area contributed by atoms with E-state index in [0.29, 0.717) is 6.54 Å². The van der Waals surface area contributed by atoms with Gasteiger partial charge in [0.25, 0.3) is 0 Å². The number of nitrogens with zero attached hydrogens (tertiary/aromatic N) is 1. The van der Waals surface area contributed by atoms with Crippen molar-refractivity contribution in [3.05, 3.63) is 66.4 Å². The molecule has 0 saturated heterocycles. The van der Waals surface area contributed by atoms with Crippen molar-refractivity contribution in [2.75, 3.05) is 6.54 Å². The van der Waals surface area contributed by atoms with Crippen LogP contribution in [0.1, 0.15) is 5.56 Å². The largest absolute Gasteiger partial charge is 0.330 e. The molecule has 3 aromatic rings. The molecule has 0 saturated carbocycles. The summed E-state index contributed by atoms with van der Waals surface area (Å²) in [5.41, 5.74) is 6.88. The Hall–Kier alpha value is -1.84. The van der Waals surface area contributed by atoms with E-state index in [0.717, 1.165) is 11.4 Å². The Morgan fingerprint density at radius 1 is 0.950 bits per heavy atom. The first-order chi connectivity index (χ1) is 9.86. The van der Waals surface area contributed by atoms with E-state index in [4.69, 9.17) is 5.73 Å². The van der Waals surface area contributed by atoms with Gasteiger partial charge in [-0.15, -0.1) is 0 Å². The lowest BCUT2D eigenvalue weighted by Gasteiger charge is -2.07. The number of pyridine rings is 1. The van der Waals surface area contributed by atoms with Crippen molar-refractivity contribution in [1.82, 2.24) is 4.98 Å². The predicted molar refractivity (Wildman–Crippen MR) is 85.1 cm³/mol. The van der Waals surface area contributed by atoms with Crippen LogP contribution in [0.25, 0.3) is 10.8 Å². The van der Waals surface area contributed by atoms with E-state index in [1.165, 1.54) is 21.2 Å². The first-order valence-corrected chi connectivity index (χ1v) is 7.49. The standard InChI is InChI=1S/C17H16N2S/c18-10-9-14-6-3-11-19-17(14)20-16-8-7-13-4-1-2-5-15(13)12-16/h1-8,11-12H,9-10,18H2. The highest BCUT2D eigenvalue weighted by Gasteiger charge is 2.05. The first kappa shape index (κ1) is 13.2. The molecule has 0 radical (unpaired) electrons. The molecule has 2 aromatic carbocycles. The molecule has 1 aromatic heterocycles. The van der Waals surface area contributed by atoms with E-state index >= 15 is 0 Å². The van der Waals surface area contributed by atoms with Crippen LogP contribution in [0.3, 0.4) is 0 Å². The zero-order chi connectivity index (χ0) is 13.8. The van der Waals surface area contributed by atoms with Crippen LogP contribution in [0.5, 0.6) is 0 Å². The van der Waals surface area contributed by atoms with E-state index in [2.05, 4.69) is 53.5 Å². The van der Waals surface area contributed by atoms with Gasteiger partial charge in [0.15, 0.2) is 0 Å². The van der Waals surface area contributed by atoms with Crippen LogP contribution in [0.4, 0.5) is 0 Å². The average Bonchev–Trinajstić information content (AvgIpc) is 2.49. The molecule has 0 fully saturated rings. The minimum absolute atomic E-state index is 0.650. The second-order valence-corrected chi connectivity index (χ2v) is 5.68. The van der Waals surface area contributed by atoms with E-state index in [-0.39, 0.29) is 0 Å². The molecule has 0 aliphatic rings. The third kappa shape index (κ3) is 2.84. The maximum atomic E-state index is 5.66. The minimum atomic E-state index is 0.650. The normalized spacial score (nSPS) is 10.8. The summed E-state index contributed by atoms with van der Waals surface area (Å²) in [6.07, 6.45) is 2.70. The Balaban J connectivity index is 1.93. The summed E-state index contributed by atoms with van der Waals surface area (Å²) in [6.45, 7) is 0.650. The summed E-state index contributed by atoms with van der Waals surface area (Å²) < 4.78 is 0. The molecule has 0 atom stereocenters. The number of fused-ring (bicyclic) bond motifs is 1. The quantitative estimate of drug-likeness (QED) is 0.788. The molecule has 2 nitrogen and oxygen atoms in total. The van der Waals surface area contributed by atoms with Crippen LogP contribution in [0.15, 0.2) is 70.7 Å². The Morgan fingerprint density at radius 2 is 1.80 bits per heavy atom. The lowest BCUT2D eigenvalue weighted by molar-refractivity contribution is 0.911. The van der Waals surface area contributed by atoms with Crippen molar-refractivity contribution in [3.8, 4) is 0 Å². The maximum Gasteiger partial charge on any atom is 0.104 e. The molecule has 0 spiro atoms. The summed E-state index contributed by atoms with van der Waals surface area (Å²) in [7, 11) is 0. The summed E-state index contributed by atoms with van der Waals surface area (Å²) in [5, 5.41) is 3.57. The third-order valence-corrected chi connectivity index (χ3v) is 4.25. The van der Waals surface area contributed by atoms with E-state index in [1.807, 2.05) is 12.3 Å². The molecular weight excluding hydrogens is 264 g/mol. The fourth-order valence-electron chi connectivity index (χ4n) is 2.20. The number of aromatic nitrogens is 1. The lowest BCUT2D eigenvalue weighted by Crippen LogP contribution is -2.04. The zero-order valence-corrected chi connectivity index (χ0v) is 11.9. The van der Waals surface area contributed by atoms with Crippen LogP contribution >= 0.6 is 11.8 Å². The van der Waals surface area contributed by atoms with Crippen molar-refractivity contribution in [3.63, 3.8) is 0 Å². The van der Waals surface area contributed by atoms with Gasteiger partial charge in [0.2, 0.25) is 0 Å². The molecule has 100 valence electrons. The van der Waals surface area contributed by atoms with Crippen molar-refractivity contribution in [2.45, 2.75) is 16.3 Å². The molecule has 0 bridgehead atoms. The van der Waals surface area contributed by atoms with Gasteiger partial charge in [0, 0.05) is 11.1 Å². The van der Waals surface area contributed by atoms with Crippen molar-refractivity contribution >= 4 is 22.5 Å². The molecule has 0 unspecified atom stereocenters. The van der Waals surface area contributed by atoms with Gasteiger partial charge in [-0.25, -0.2) is 4.98 Å². The minimum Gasteiger partial charge on any atom is -0.330 e. The zero-order valence-electron chi connectivity index (χ0n) is 11.1. The molecule has 1 heterocycles. The highest BCUT2D eigenvalue weighted by Crippen LogP contribution is 2.30. The Bertz CT molecular complexity index is 725. The van der Waals surface area contributed by atoms with Crippen molar-refractivity contribution < 1.29 is 0 Å². The smallest absolute Gasteiger partial charge is 0.104 e. The van der Waals surface area contributed by atoms with Crippen molar-refractivity contribution in [1.29, 1.82) is 0 Å². The van der Waals surface area contributed by atoms with Gasteiger partial charge >= 0.3 is 0 Å². The molecular formula is C17H16N2S. The first-order valence-electron chi connectivity index (χ1n) is 6.67. The van der Waals surface area contributed by atoms with Gasteiger partial charge in [-0.2, -0.15) is 0 Å². The second kappa shape index (κ2) is 6.07. The van der Waals surface area contributed by atoms with Gasteiger partial charge in [-0.1, -0.05) is 48.2 Å². The lowest BCUT2D eigenvalue weighted by atomic mass is 10.1. The predicted octanol–water partition coefficient (Wildman–Crippen LogP) is 3.89. The number of hydrogen-bond donors (Lipinski definition) is 1. The Morgan fingerprint density at radius 3 is 2.65 bits per heavy atom. The maximum absolute atomic E-state index is 5.66. The molecule has 2 N–H and O–H groups in total. The fraction of sp³-hybridized carbons (Fsp3) is 0.118. The SMILES string of the molecule is NCCc1cccnc1Sc1ccc2ccccc2c1. The molecule has 0 amide bonds. The Labute approximate surface area is 123 Å². The van der Waals surface area contributed by atoms with Crippen LogP contribution in [0, 0.1) is 0 Å². The number of benzene rings is 2. The summed E-state index contributed by atoms with van der Waals surface area (Å²) in [6, 6.07) is 19.0.